The van der Waals surface area contributed by atoms with E-state index in [2.05, 4.69) is 49.9 Å². The summed E-state index contributed by atoms with van der Waals surface area (Å²) in [5.41, 5.74) is 10.7. The molecule has 0 saturated carbocycles. The van der Waals surface area contributed by atoms with Gasteiger partial charge in [-0.25, -0.2) is 4.98 Å². The molecule has 0 fully saturated rings. The number of rotatable bonds is 7. The molecule has 2 aromatic heterocycles. The van der Waals surface area contributed by atoms with Crippen molar-refractivity contribution in [1.82, 2.24) is 15.0 Å². The minimum absolute atomic E-state index is 0.557. The normalized spacial score (nSPS) is 10.7. The molecule has 0 radical (unpaired) electrons. The molecule has 0 aliphatic carbocycles. The van der Waals surface area contributed by atoms with Gasteiger partial charge in [-0.3, -0.25) is 5.41 Å². The van der Waals surface area contributed by atoms with E-state index >= 15 is 0 Å². The van der Waals surface area contributed by atoms with E-state index < -0.39 is 0 Å². The Hall–Kier alpha value is -3.87. The number of H-pyrrole nitrogens is 1. The van der Waals surface area contributed by atoms with Crippen molar-refractivity contribution < 1.29 is 5.41 Å². The molecular weight excluding hydrogens is 350 g/mol. The van der Waals surface area contributed by atoms with Gasteiger partial charge in [0.15, 0.2) is 6.21 Å². The summed E-state index contributed by atoms with van der Waals surface area (Å²) in [6.45, 7) is 1.26. The van der Waals surface area contributed by atoms with Crippen molar-refractivity contribution in [3.63, 3.8) is 0 Å². The molecule has 2 aromatic carbocycles. The Balaban J connectivity index is 1.39. The average Bonchev–Trinajstić information content (AvgIpc) is 3.20. The summed E-state index contributed by atoms with van der Waals surface area (Å²) in [6.07, 6.45) is 5.18. The first-order valence-corrected chi connectivity index (χ1v) is 9.01. The summed E-state index contributed by atoms with van der Waals surface area (Å²) < 4.78 is 0. The van der Waals surface area contributed by atoms with Crippen LogP contribution in [-0.4, -0.2) is 21.2 Å². The standard InChI is InChI=1S/C21H21N7/c22-11-17-10-14(1-3-18(17)23)13-27-21-25-8-6-20(28-21)26-12-15-2-4-19-16(9-15)5-7-24-19/h1-11,22,24H,12-13,23H2,(H2,25,26,27,28)/p+1. The number of benzene rings is 2. The van der Waals surface area contributed by atoms with Gasteiger partial charge in [0.25, 0.3) is 0 Å². The zero-order valence-electron chi connectivity index (χ0n) is 15.3. The number of nitrogen functional groups attached to an aromatic ring is 1. The minimum atomic E-state index is 0.557. The van der Waals surface area contributed by atoms with Gasteiger partial charge < -0.3 is 21.4 Å². The van der Waals surface area contributed by atoms with Crippen molar-refractivity contribution in [2.75, 3.05) is 16.4 Å². The lowest BCUT2D eigenvalue weighted by molar-refractivity contribution is -0.104. The molecule has 2 heterocycles. The molecule has 4 aromatic rings. The number of hydrogen-bond acceptors (Lipinski definition) is 5. The van der Waals surface area contributed by atoms with E-state index in [0.717, 1.165) is 22.5 Å². The highest BCUT2D eigenvalue weighted by molar-refractivity contribution is 5.83. The number of nitrogens with two attached hydrogens (primary N) is 2. The maximum atomic E-state index is 5.87. The van der Waals surface area contributed by atoms with E-state index in [0.29, 0.717) is 24.7 Å². The largest absolute Gasteiger partial charge is 0.398 e. The van der Waals surface area contributed by atoms with Crippen LogP contribution in [0.4, 0.5) is 17.5 Å². The van der Waals surface area contributed by atoms with E-state index in [-0.39, 0.29) is 0 Å². The van der Waals surface area contributed by atoms with Crippen LogP contribution in [0.15, 0.2) is 60.9 Å². The quantitative estimate of drug-likeness (QED) is 0.251. The molecule has 7 N–H and O–H groups in total. The van der Waals surface area contributed by atoms with Crippen LogP contribution in [0, 0.1) is 0 Å². The molecule has 0 amide bonds. The van der Waals surface area contributed by atoms with Crippen LogP contribution in [0.25, 0.3) is 10.9 Å². The maximum absolute atomic E-state index is 5.87. The van der Waals surface area contributed by atoms with Crippen molar-refractivity contribution in [2.24, 2.45) is 0 Å². The van der Waals surface area contributed by atoms with Crippen LogP contribution in [0.5, 0.6) is 0 Å². The Morgan fingerprint density at radius 1 is 1.00 bits per heavy atom. The molecular formula is C21H22N7+. The molecule has 0 atom stereocenters. The molecule has 4 rings (SSSR count). The van der Waals surface area contributed by atoms with Gasteiger partial charge >= 0.3 is 0 Å². The molecule has 0 saturated heterocycles. The fourth-order valence-electron chi connectivity index (χ4n) is 3.01. The molecule has 140 valence electrons. The summed E-state index contributed by atoms with van der Waals surface area (Å²) in [5.74, 6) is 1.32. The first-order chi connectivity index (χ1) is 13.7. The van der Waals surface area contributed by atoms with E-state index in [1.807, 2.05) is 30.5 Å². The summed E-state index contributed by atoms with van der Waals surface area (Å²) in [5, 5.41) is 13.4. The molecule has 28 heavy (non-hydrogen) atoms. The average molecular weight is 372 g/mol. The fraction of sp³-hybridized carbons (Fsp3) is 0.0952. The van der Waals surface area contributed by atoms with Crippen LogP contribution in [0.3, 0.4) is 0 Å². The maximum Gasteiger partial charge on any atom is 0.224 e. The van der Waals surface area contributed by atoms with Crippen LogP contribution >= 0.6 is 0 Å². The fourth-order valence-corrected chi connectivity index (χ4v) is 3.01. The van der Waals surface area contributed by atoms with Crippen molar-refractivity contribution in [1.29, 1.82) is 0 Å². The minimum Gasteiger partial charge on any atom is -0.398 e. The Kier molecular flexibility index (Phi) is 4.88. The molecule has 0 aliphatic heterocycles. The van der Waals surface area contributed by atoms with Crippen LogP contribution in [0.2, 0.25) is 0 Å². The number of aromatic nitrogens is 3. The van der Waals surface area contributed by atoms with Gasteiger partial charge in [-0.15, -0.1) is 0 Å². The van der Waals surface area contributed by atoms with E-state index in [4.69, 9.17) is 11.1 Å². The molecule has 7 heteroatoms. The second-order valence-electron chi connectivity index (χ2n) is 6.50. The Bertz CT molecular complexity index is 1120. The number of hydrogen-bond donors (Lipinski definition) is 5. The third-order valence-corrected chi connectivity index (χ3v) is 4.53. The number of aromatic amines is 1. The van der Waals surface area contributed by atoms with Gasteiger partial charge in [-0.1, -0.05) is 12.1 Å². The summed E-state index contributed by atoms with van der Waals surface area (Å²) in [7, 11) is 0. The summed E-state index contributed by atoms with van der Waals surface area (Å²) in [6, 6.07) is 16.0. The highest BCUT2D eigenvalue weighted by atomic mass is 15.1. The van der Waals surface area contributed by atoms with Crippen molar-refractivity contribution in [3.8, 4) is 0 Å². The second kappa shape index (κ2) is 7.79. The Morgan fingerprint density at radius 2 is 1.82 bits per heavy atom. The third kappa shape index (κ3) is 3.93. The van der Waals surface area contributed by atoms with Crippen LogP contribution < -0.4 is 21.8 Å². The van der Waals surface area contributed by atoms with Gasteiger partial charge in [0.05, 0.1) is 5.56 Å². The first-order valence-electron chi connectivity index (χ1n) is 9.01. The second-order valence-corrected chi connectivity index (χ2v) is 6.50. The molecule has 0 aliphatic rings. The summed E-state index contributed by atoms with van der Waals surface area (Å²) >= 11 is 0. The topological polar surface area (TPSA) is 117 Å². The van der Waals surface area contributed by atoms with Gasteiger partial charge in [-0.05, 0) is 52.9 Å². The predicted molar refractivity (Wildman–Crippen MR) is 113 cm³/mol. The smallest absolute Gasteiger partial charge is 0.224 e. The highest BCUT2D eigenvalue weighted by Gasteiger charge is 2.04. The van der Waals surface area contributed by atoms with Gasteiger partial charge in [0.1, 0.15) is 5.82 Å². The zero-order valence-corrected chi connectivity index (χ0v) is 15.3. The van der Waals surface area contributed by atoms with E-state index in [1.54, 1.807) is 6.20 Å². The lowest BCUT2D eigenvalue weighted by Crippen LogP contribution is -2.30. The van der Waals surface area contributed by atoms with Crippen LogP contribution in [-0.2, 0) is 13.1 Å². The molecule has 7 nitrogen and oxygen atoms in total. The molecule has 0 spiro atoms. The Morgan fingerprint density at radius 3 is 2.71 bits per heavy atom. The summed E-state index contributed by atoms with van der Waals surface area (Å²) in [4.78, 5) is 12.0. The first kappa shape index (κ1) is 17.5. The van der Waals surface area contributed by atoms with Gasteiger partial charge in [0, 0.05) is 36.7 Å². The molecule has 0 bridgehead atoms. The molecule has 0 unspecified atom stereocenters. The zero-order chi connectivity index (χ0) is 19.3. The van der Waals surface area contributed by atoms with Crippen molar-refractivity contribution in [3.05, 3.63) is 77.6 Å². The lowest BCUT2D eigenvalue weighted by atomic mass is 10.1. The van der Waals surface area contributed by atoms with Crippen LogP contribution in [0.1, 0.15) is 16.7 Å². The number of nitrogens with zero attached hydrogens (tertiary/aromatic N) is 2. The number of anilines is 3. The van der Waals surface area contributed by atoms with Gasteiger partial charge in [0.2, 0.25) is 5.95 Å². The van der Waals surface area contributed by atoms with Gasteiger partial charge in [-0.2, -0.15) is 4.98 Å². The number of nitrogens with one attached hydrogen (secondary N) is 3. The van der Waals surface area contributed by atoms with Crippen molar-refractivity contribution in [2.45, 2.75) is 13.1 Å². The third-order valence-electron chi connectivity index (χ3n) is 4.53. The van der Waals surface area contributed by atoms with E-state index in [1.165, 1.54) is 17.2 Å². The monoisotopic (exact) mass is 372 g/mol. The Labute approximate surface area is 162 Å². The van der Waals surface area contributed by atoms with Crippen molar-refractivity contribution >= 4 is 34.6 Å². The highest BCUT2D eigenvalue weighted by Crippen LogP contribution is 2.16. The SMILES string of the molecule is Nc1ccc(CNc2nccc(NCc3ccc4[nH]ccc4c3)n2)cc1C=[NH2+]. The lowest BCUT2D eigenvalue weighted by Gasteiger charge is -2.09. The van der Waals surface area contributed by atoms with E-state index in [9.17, 15) is 0 Å². The predicted octanol–water partition coefficient (Wildman–Crippen LogP) is 1.94. The number of fused-ring (bicyclic) bond motifs is 1.